The van der Waals surface area contributed by atoms with Crippen molar-refractivity contribution < 1.29 is 5.11 Å². The summed E-state index contributed by atoms with van der Waals surface area (Å²) in [5.74, 6) is 1.08. The molecule has 3 rings (SSSR count). The van der Waals surface area contributed by atoms with Gasteiger partial charge in [0, 0.05) is 30.2 Å². The predicted octanol–water partition coefficient (Wildman–Crippen LogP) is 3.48. The first-order valence-corrected chi connectivity index (χ1v) is 9.02. The Morgan fingerprint density at radius 2 is 1.92 bits per heavy atom. The fourth-order valence-electron chi connectivity index (χ4n) is 2.94. The summed E-state index contributed by atoms with van der Waals surface area (Å²) < 4.78 is 0. The minimum atomic E-state index is 0.275. The number of rotatable bonds is 6. The van der Waals surface area contributed by atoms with E-state index < -0.39 is 0 Å². The summed E-state index contributed by atoms with van der Waals surface area (Å²) in [7, 11) is 0. The Hall–Kier alpha value is -2.95. The van der Waals surface area contributed by atoms with E-state index in [4.69, 9.17) is 0 Å². The molecule has 1 heterocycles. The lowest BCUT2D eigenvalue weighted by Crippen LogP contribution is -2.38. The van der Waals surface area contributed by atoms with Gasteiger partial charge in [-0.05, 0) is 55.2 Å². The highest BCUT2D eigenvalue weighted by molar-refractivity contribution is 5.84. The molecule has 0 spiro atoms. The van der Waals surface area contributed by atoms with Crippen LogP contribution in [0.3, 0.4) is 0 Å². The molecular weight excluding hydrogens is 324 g/mol. The summed E-state index contributed by atoms with van der Waals surface area (Å²) >= 11 is 0. The molecular formula is C21H26N4O. The number of phenols is 1. The summed E-state index contributed by atoms with van der Waals surface area (Å²) in [6.07, 6.45) is 3.01. The number of nitrogens with one attached hydrogen (secondary N) is 3. The first-order valence-electron chi connectivity index (χ1n) is 9.02. The van der Waals surface area contributed by atoms with Gasteiger partial charge in [0.2, 0.25) is 0 Å². The topological polar surface area (TPSA) is 72.4 Å². The standard InChI is InChI=1S/C21H26N4O/c1-3-22-21(25-13-16-5-7-18(26)8-6-16)23-11-10-17-14-24-20-12-15(2)4-9-19(17)20/h4-9,12,14,24,26H,3,10-11,13H2,1-2H3,(H2,22,23,25). The van der Waals surface area contributed by atoms with Crippen LogP contribution < -0.4 is 10.6 Å². The van der Waals surface area contributed by atoms with Gasteiger partial charge < -0.3 is 20.7 Å². The second kappa shape index (κ2) is 8.43. The number of H-pyrrole nitrogens is 1. The summed E-state index contributed by atoms with van der Waals surface area (Å²) in [5, 5.41) is 17.3. The second-order valence-corrected chi connectivity index (χ2v) is 6.40. The number of hydrogen-bond acceptors (Lipinski definition) is 2. The van der Waals surface area contributed by atoms with E-state index in [-0.39, 0.29) is 5.75 Å². The number of aliphatic imine (C=N–C) groups is 1. The van der Waals surface area contributed by atoms with Gasteiger partial charge in [-0.3, -0.25) is 0 Å². The van der Waals surface area contributed by atoms with Crippen LogP contribution in [0.4, 0.5) is 0 Å². The summed E-state index contributed by atoms with van der Waals surface area (Å²) in [6.45, 7) is 6.35. The maximum Gasteiger partial charge on any atom is 0.191 e. The lowest BCUT2D eigenvalue weighted by Gasteiger charge is -2.11. The van der Waals surface area contributed by atoms with Gasteiger partial charge in [-0.25, -0.2) is 4.99 Å². The van der Waals surface area contributed by atoms with E-state index in [2.05, 4.69) is 58.9 Å². The molecule has 4 N–H and O–H groups in total. The molecule has 26 heavy (non-hydrogen) atoms. The third-order valence-corrected chi connectivity index (χ3v) is 4.31. The van der Waals surface area contributed by atoms with Crippen LogP contribution in [0.5, 0.6) is 5.75 Å². The van der Waals surface area contributed by atoms with Crippen molar-refractivity contribution >= 4 is 16.9 Å². The Labute approximate surface area is 154 Å². The third kappa shape index (κ3) is 4.57. The minimum absolute atomic E-state index is 0.275. The van der Waals surface area contributed by atoms with Crippen molar-refractivity contribution in [2.45, 2.75) is 26.8 Å². The van der Waals surface area contributed by atoms with Crippen LogP contribution in [0.15, 0.2) is 53.7 Å². The van der Waals surface area contributed by atoms with E-state index in [9.17, 15) is 5.11 Å². The zero-order valence-corrected chi connectivity index (χ0v) is 15.3. The molecule has 0 unspecified atom stereocenters. The SMILES string of the molecule is CCNC(=NCc1ccc(O)cc1)NCCc1c[nH]c2cc(C)ccc12. The number of guanidine groups is 1. The summed E-state index contributed by atoms with van der Waals surface area (Å²) in [4.78, 5) is 7.96. The van der Waals surface area contributed by atoms with Gasteiger partial charge >= 0.3 is 0 Å². The van der Waals surface area contributed by atoms with E-state index in [0.29, 0.717) is 6.54 Å². The molecule has 0 fully saturated rings. The molecule has 0 aliphatic carbocycles. The molecule has 0 aliphatic rings. The molecule has 5 nitrogen and oxygen atoms in total. The summed E-state index contributed by atoms with van der Waals surface area (Å²) in [6, 6.07) is 13.6. The van der Waals surface area contributed by atoms with Gasteiger partial charge in [0.05, 0.1) is 6.54 Å². The van der Waals surface area contributed by atoms with Crippen molar-refractivity contribution in [1.82, 2.24) is 15.6 Å². The maximum atomic E-state index is 9.35. The highest BCUT2D eigenvalue weighted by atomic mass is 16.3. The van der Waals surface area contributed by atoms with Gasteiger partial charge in [-0.2, -0.15) is 0 Å². The Balaban J connectivity index is 1.59. The van der Waals surface area contributed by atoms with Crippen LogP contribution >= 0.6 is 0 Å². The quantitative estimate of drug-likeness (QED) is 0.406. The summed E-state index contributed by atoms with van der Waals surface area (Å²) in [5.41, 5.74) is 4.82. The number of benzene rings is 2. The van der Waals surface area contributed by atoms with Crippen molar-refractivity contribution in [1.29, 1.82) is 0 Å². The van der Waals surface area contributed by atoms with Crippen LogP contribution in [-0.2, 0) is 13.0 Å². The molecule has 0 aliphatic heterocycles. The fraction of sp³-hybridized carbons (Fsp3) is 0.286. The average Bonchev–Trinajstić information content (AvgIpc) is 3.03. The van der Waals surface area contributed by atoms with Gasteiger partial charge in [-0.15, -0.1) is 0 Å². The molecule has 136 valence electrons. The smallest absolute Gasteiger partial charge is 0.191 e. The zero-order chi connectivity index (χ0) is 18.4. The van der Waals surface area contributed by atoms with E-state index in [1.165, 1.54) is 22.0 Å². The van der Waals surface area contributed by atoms with Crippen molar-refractivity contribution in [3.8, 4) is 5.75 Å². The molecule has 3 aromatic rings. The molecule has 1 aromatic heterocycles. The van der Waals surface area contributed by atoms with E-state index in [1.807, 2.05) is 12.1 Å². The number of aryl methyl sites for hydroxylation is 1. The number of aromatic hydroxyl groups is 1. The van der Waals surface area contributed by atoms with Crippen molar-refractivity contribution in [2.75, 3.05) is 13.1 Å². The monoisotopic (exact) mass is 350 g/mol. The van der Waals surface area contributed by atoms with Crippen LogP contribution in [-0.4, -0.2) is 29.1 Å². The number of aromatic amines is 1. The van der Waals surface area contributed by atoms with Crippen LogP contribution in [0.2, 0.25) is 0 Å². The first kappa shape index (κ1) is 17.9. The Bertz CT molecular complexity index is 881. The molecule has 0 amide bonds. The molecule has 0 atom stereocenters. The lowest BCUT2D eigenvalue weighted by molar-refractivity contribution is 0.475. The van der Waals surface area contributed by atoms with Gasteiger partial charge in [0.15, 0.2) is 5.96 Å². The molecule has 0 radical (unpaired) electrons. The molecule has 2 aromatic carbocycles. The number of fused-ring (bicyclic) bond motifs is 1. The predicted molar refractivity (Wildman–Crippen MR) is 108 cm³/mol. The molecule has 0 saturated carbocycles. The van der Waals surface area contributed by atoms with Crippen LogP contribution in [0, 0.1) is 6.92 Å². The molecule has 0 bridgehead atoms. The number of aromatic nitrogens is 1. The second-order valence-electron chi connectivity index (χ2n) is 6.40. The van der Waals surface area contributed by atoms with Crippen molar-refractivity contribution in [3.63, 3.8) is 0 Å². The first-order chi connectivity index (χ1) is 12.7. The minimum Gasteiger partial charge on any atom is -0.508 e. The van der Waals surface area contributed by atoms with E-state index in [1.54, 1.807) is 12.1 Å². The largest absolute Gasteiger partial charge is 0.508 e. The highest BCUT2D eigenvalue weighted by Gasteiger charge is 2.04. The van der Waals surface area contributed by atoms with Crippen LogP contribution in [0.25, 0.3) is 10.9 Å². The van der Waals surface area contributed by atoms with Gasteiger partial charge in [0.1, 0.15) is 5.75 Å². The number of hydrogen-bond donors (Lipinski definition) is 4. The van der Waals surface area contributed by atoms with Crippen LogP contribution in [0.1, 0.15) is 23.6 Å². The maximum absolute atomic E-state index is 9.35. The Morgan fingerprint density at radius 1 is 1.12 bits per heavy atom. The van der Waals surface area contributed by atoms with Crippen molar-refractivity contribution in [3.05, 3.63) is 65.4 Å². The van der Waals surface area contributed by atoms with E-state index >= 15 is 0 Å². The van der Waals surface area contributed by atoms with Gasteiger partial charge in [0.25, 0.3) is 0 Å². The highest BCUT2D eigenvalue weighted by Crippen LogP contribution is 2.19. The normalized spacial score (nSPS) is 11.7. The van der Waals surface area contributed by atoms with E-state index in [0.717, 1.165) is 31.0 Å². The van der Waals surface area contributed by atoms with Gasteiger partial charge in [-0.1, -0.05) is 24.3 Å². The number of nitrogens with zero attached hydrogens (tertiary/aromatic N) is 1. The molecule has 5 heteroatoms. The Morgan fingerprint density at radius 3 is 2.69 bits per heavy atom. The fourth-order valence-corrected chi connectivity index (χ4v) is 2.94. The average molecular weight is 350 g/mol. The van der Waals surface area contributed by atoms with Crippen molar-refractivity contribution in [2.24, 2.45) is 4.99 Å². The third-order valence-electron chi connectivity index (χ3n) is 4.31. The molecule has 0 saturated heterocycles. The zero-order valence-electron chi connectivity index (χ0n) is 15.3. The Kier molecular flexibility index (Phi) is 5.79. The number of phenolic OH excluding ortho intramolecular Hbond substituents is 1. The lowest BCUT2D eigenvalue weighted by atomic mass is 10.1.